The van der Waals surface area contributed by atoms with Crippen molar-refractivity contribution in [2.24, 2.45) is 0 Å². The highest BCUT2D eigenvalue weighted by Crippen LogP contribution is 2.13. The lowest BCUT2D eigenvalue weighted by atomic mass is 10.2. The van der Waals surface area contributed by atoms with Gasteiger partial charge in [0.2, 0.25) is 5.91 Å². The molecule has 0 bridgehead atoms. The van der Waals surface area contributed by atoms with Crippen LogP contribution in [0.15, 0.2) is 24.3 Å². The predicted octanol–water partition coefficient (Wildman–Crippen LogP) is 0.648. The molecule has 5 nitrogen and oxygen atoms in total. The summed E-state index contributed by atoms with van der Waals surface area (Å²) in [7, 11) is 3.75. The van der Waals surface area contributed by atoms with Gasteiger partial charge in [0, 0.05) is 13.1 Å². The first-order chi connectivity index (χ1) is 8.67. The molecule has 1 aromatic carbocycles. The zero-order valence-electron chi connectivity index (χ0n) is 10.7. The second-order valence-corrected chi connectivity index (χ2v) is 4.05. The van der Waals surface area contributed by atoms with Gasteiger partial charge in [-0.2, -0.15) is 5.26 Å². The zero-order valence-corrected chi connectivity index (χ0v) is 10.7. The lowest BCUT2D eigenvalue weighted by Gasteiger charge is -2.16. The molecular formula is C13H18N4O. The summed E-state index contributed by atoms with van der Waals surface area (Å²) in [4.78, 5) is 13.7. The SMILES string of the molecule is CNCCN(C)CC(=O)Nc1ccccc1C#N. The average Bonchev–Trinajstić information content (AvgIpc) is 2.36. The van der Waals surface area contributed by atoms with Crippen LogP contribution in [0.4, 0.5) is 5.69 Å². The fraction of sp³-hybridized carbons (Fsp3) is 0.385. The Hall–Kier alpha value is -1.90. The Kier molecular flexibility index (Phi) is 5.85. The molecule has 2 N–H and O–H groups in total. The number of carbonyl (C=O) groups excluding carboxylic acids is 1. The van der Waals surface area contributed by atoms with Gasteiger partial charge in [-0.15, -0.1) is 0 Å². The molecule has 0 aromatic heterocycles. The van der Waals surface area contributed by atoms with E-state index in [4.69, 9.17) is 5.26 Å². The van der Waals surface area contributed by atoms with Crippen LogP contribution in [0, 0.1) is 11.3 Å². The molecular weight excluding hydrogens is 228 g/mol. The molecule has 0 radical (unpaired) electrons. The number of hydrogen-bond donors (Lipinski definition) is 2. The third kappa shape index (κ3) is 4.53. The van der Waals surface area contributed by atoms with Gasteiger partial charge in [-0.1, -0.05) is 12.1 Å². The van der Waals surface area contributed by atoms with Crippen LogP contribution in [0.25, 0.3) is 0 Å². The van der Waals surface area contributed by atoms with Crippen molar-refractivity contribution in [3.05, 3.63) is 29.8 Å². The maximum absolute atomic E-state index is 11.8. The fourth-order valence-electron chi connectivity index (χ4n) is 1.51. The van der Waals surface area contributed by atoms with E-state index >= 15 is 0 Å². The van der Waals surface area contributed by atoms with Crippen LogP contribution in [0.3, 0.4) is 0 Å². The summed E-state index contributed by atoms with van der Waals surface area (Å²) in [6.45, 7) is 1.93. The molecule has 0 aliphatic rings. The molecule has 0 unspecified atom stereocenters. The van der Waals surface area contributed by atoms with Crippen molar-refractivity contribution >= 4 is 11.6 Å². The molecule has 1 aromatic rings. The average molecular weight is 246 g/mol. The number of nitriles is 1. The summed E-state index contributed by atoms with van der Waals surface area (Å²) >= 11 is 0. The Labute approximate surface area is 107 Å². The van der Waals surface area contributed by atoms with E-state index in [1.807, 2.05) is 19.0 Å². The van der Waals surface area contributed by atoms with E-state index in [0.717, 1.165) is 13.1 Å². The van der Waals surface area contributed by atoms with Crippen molar-refractivity contribution in [2.45, 2.75) is 0 Å². The predicted molar refractivity (Wildman–Crippen MR) is 71.2 cm³/mol. The molecule has 96 valence electrons. The Morgan fingerprint density at radius 1 is 1.44 bits per heavy atom. The highest BCUT2D eigenvalue weighted by Gasteiger charge is 2.08. The molecule has 0 fully saturated rings. The molecule has 0 spiro atoms. The number of likely N-dealkylation sites (N-methyl/N-ethyl adjacent to an activating group) is 2. The number of nitrogens with zero attached hydrogens (tertiary/aromatic N) is 2. The molecule has 1 rings (SSSR count). The van der Waals surface area contributed by atoms with Gasteiger partial charge in [0.05, 0.1) is 17.8 Å². The van der Waals surface area contributed by atoms with Gasteiger partial charge in [0.15, 0.2) is 0 Å². The van der Waals surface area contributed by atoms with Gasteiger partial charge in [-0.05, 0) is 26.2 Å². The van der Waals surface area contributed by atoms with Crippen LogP contribution in [-0.4, -0.2) is 44.5 Å². The minimum absolute atomic E-state index is 0.115. The van der Waals surface area contributed by atoms with Crippen molar-refractivity contribution in [1.29, 1.82) is 5.26 Å². The van der Waals surface area contributed by atoms with Gasteiger partial charge < -0.3 is 10.6 Å². The summed E-state index contributed by atoms with van der Waals surface area (Å²) in [5.74, 6) is -0.115. The van der Waals surface area contributed by atoms with Crippen LogP contribution in [-0.2, 0) is 4.79 Å². The van der Waals surface area contributed by atoms with Gasteiger partial charge >= 0.3 is 0 Å². The lowest BCUT2D eigenvalue weighted by Crippen LogP contribution is -2.34. The normalized spacial score (nSPS) is 10.1. The van der Waals surface area contributed by atoms with Crippen LogP contribution < -0.4 is 10.6 Å². The van der Waals surface area contributed by atoms with Gasteiger partial charge in [0.1, 0.15) is 6.07 Å². The highest BCUT2D eigenvalue weighted by molar-refractivity contribution is 5.93. The third-order valence-corrected chi connectivity index (χ3v) is 2.48. The number of benzene rings is 1. The van der Waals surface area contributed by atoms with Gasteiger partial charge in [0.25, 0.3) is 0 Å². The minimum atomic E-state index is -0.115. The Morgan fingerprint density at radius 3 is 2.83 bits per heavy atom. The standard InChI is InChI=1S/C13H18N4O/c1-15-7-8-17(2)10-13(18)16-12-6-4-3-5-11(12)9-14/h3-6,15H,7-8,10H2,1-2H3,(H,16,18). The smallest absolute Gasteiger partial charge is 0.238 e. The number of para-hydroxylation sites is 1. The van der Waals surface area contributed by atoms with Crippen LogP contribution in [0.1, 0.15) is 5.56 Å². The molecule has 18 heavy (non-hydrogen) atoms. The van der Waals surface area contributed by atoms with E-state index in [1.54, 1.807) is 24.3 Å². The number of nitrogens with one attached hydrogen (secondary N) is 2. The molecule has 1 amide bonds. The van der Waals surface area contributed by atoms with Crippen molar-refractivity contribution in [1.82, 2.24) is 10.2 Å². The van der Waals surface area contributed by atoms with E-state index in [2.05, 4.69) is 16.7 Å². The van der Waals surface area contributed by atoms with Crippen LogP contribution in [0.5, 0.6) is 0 Å². The topological polar surface area (TPSA) is 68.2 Å². The number of amides is 1. The Morgan fingerprint density at radius 2 is 2.17 bits per heavy atom. The first kappa shape index (κ1) is 14.2. The second kappa shape index (κ2) is 7.43. The number of carbonyl (C=O) groups is 1. The number of rotatable bonds is 6. The largest absolute Gasteiger partial charge is 0.324 e. The van der Waals surface area contributed by atoms with Crippen molar-refractivity contribution < 1.29 is 4.79 Å². The monoisotopic (exact) mass is 246 g/mol. The number of hydrogen-bond acceptors (Lipinski definition) is 4. The molecule has 0 aliphatic carbocycles. The van der Waals surface area contributed by atoms with Crippen LogP contribution in [0.2, 0.25) is 0 Å². The first-order valence-electron chi connectivity index (χ1n) is 5.79. The molecule has 0 saturated carbocycles. The summed E-state index contributed by atoms with van der Waals surface area (Å²) in [6, 6.07) is 9.02. The van der Waals surface area contributed by atoms with Crippen molar-refractivity contribution in [3.63, 3.8) is 0 Å². The maximum atomic E-state index is 11.8. The summed E-state index contributed by atoms with van der Waals surface area (Å²) in [6.07, 6.45) is 0. The lowest BCUT2D eigenvalue weighted by molar-refractivity contribution is -0.117. The summed E-state index contributed by atoms with van der Waals surface area (Å²) in [5.41, 5.74) is 1.04. The van der Waals surface area contributed by atoms with Gasteiger partial charge in [-0.3, -0.25) is 9.69 Å². The molecule has 0 atom stereocenters. The summed E-state index contributed by atoms with van der Waals surface area (Å²) in [5, 5.41) is 14.7. The molecule has 5 heteroatoms. The Balaban J connectivity index is 2.52. The van der Waals surface area contributed by atoms with E-state index < -0.39 is 0 Å². The third-order valence-electron chi connectivity index (χ3n) is 2.48. The molecule has 0 heterocycles. The number of anilines is 1. The van der Waals surface area contributed by atoms with Crippen molar-refractivity contribution in [3.8, 4) is 6.07 Å². The van der Waals surface area contributed by atoms with Crippen molar-refractivity contribution in [2.75, 3.05) is 39.0 Å². The second-order valence-electron chi connectivity index (χ2n) is 4.05. The maximum Gasteiger partial charge on any atom is 0.238 e. The Bertz CT molecular complexity index is 439. The fourth-order valence-corrected chi connectivity index (χ4v) is 1.51. The van der Waals surface area contributed by atoms with E-state index in [1.165, 1.54) is 0 Å². The summed E-state index contributed by atoms with van der Waals surface area (Å²) < 4.78 is 0. The van der Waals surface area contributed by atoms with E-state index in [-0.39, 0.29) is 5.91 Å². The highest BCUT2D eigenvalue weighted by atomic mass is 16.2. The van der Waals surface area contributed by atoms with Gasteiger partial charge in [-0.25, -0.2) is 0 Å². The van der Waals surface area contributed by atoms with E-state index in [0.29, 0.717) is 17.8 Å². The van der Waals surface area contributed by atoms with E-state index in [9.17, 15) is 4.79 Å². The zero-order chi connectivity index (χ0) is 13.4. The first-order valence-corrected chi connectivity index (χ1v) is 5.79. The minimum Gasteiger partial charge on any atom is -0.324 e. The molecule has 0 aliphatic heterocycles. The molecule has 0 saturated heterocycles. The quantitative estimate of drug-likeness (QED) is 0.773. The van der Waals surface area contributed by atoms with Crippen LogP contribution >= 0.6 is 0 Å².